The van der Waals surface area contributed by atoms with E-state index in [-0.39, 0.29) is 18.7 Å². The Kier molecular flexibility index (Phi) is 4.38. The molecule has 1 aromatic carbocycles. The second-order valence-corrected chi connectivity index (χ2v) is 5.59. The van der Waals surface area contributed by atoms with E-state index >= 15 is 0 Å². The van der Waals surface area contributed by atoms with E-state index in [0.29, 0.717) is 5.56 Å². The number of carbonyl (C=O) groups is 1. The number of carboxylic acid groups (broad SMARTS) is 1. The number of halogens is 2. The van der Waals surface area contributed by atoms with Crippen molar-refractivity contribution in [1.82, 2.24) is 9.78 Å². The van der Waals surface area contributed by atoms with Crippen LogP contribution in [0.3, 0.4) is 0 Å². The second kappa shape index (κ2) is 5.85. The van der Waals surface area contributed by atoms with Crippen LogP contribution in [0.1, 0.15) is 16.1 Å². The van der Waals surface area contributed by atoms with E-state index in [4.69, 9.17) is 10.2 Å². The van der Waals surface area contributed by atoms with Gasteiger partial charge in [0, 0.05) is 27.3 Å². The molecular formula is C12H10Br2N2O3. The van der Waals surface area contributed by atoms with Gasteiger partial charge in [-0.05, 0) is 40.5 Å². The fourth-order valence-corrected chi connectivity index (χ4v) is 2.46. The number of aromatic nitrogens is 2. The van der Waals surface area contributed by atoms with Crippen LogP contribution in [0, 0.1) is 0 Å². The zero-order valence-electron chi connectivity index (χ0n) is 9.68. The molecule has 0 amide bonds. The lowest BCUT2D eigenvalue weighted by Crippen LogP contribution is -2.04. The molecule has 2 aromatic rings. The monoisotopic (exact) mass is 388 g/mol. The average molecular weight is 390 g/mol. The van der Waals surface area contributed by atoms with E-state index < -0.39 is 5.97 Å². The fraction of sp³-hybridized carbons (Fsp3) is 0.167. The molecule has 0 aliphatic carbocycles. The summed E-state index contributed by atoms with van der Waals surface area (Å²) in [6.07, 6.45) is 1.87. The second-order valence-electron chi connectivity index (χ2n) is 3.82. The number of carboxylic acids is 1. The van der Waals surface area contributed by atoms with Gasteiger partial charge in [0.05, 0.1) is 5.69 Å². The maximum absolute atomic E-state index is 11.1. The van der Waals surface area contributed by atoms with Crippen LogP contribution >= 0.6 is 31.9 Å². The first-order chi connectivity index (χ1) is 9.02. The molecule has 0 aliphatic heterocycles. The Morgan fingerprint density at radius 1 is 1.37 bits per heavy atom. The highest BCUT2D eigenvalue weighted by atomic mass is 79.9. The van der Waals surface area contributed by atoms with Gasteiger partial charge in [-0.2, -0.15) is 5.10 Å². The first-order valence-electron chi connectivity index (χ1n) is 5.41. The minimum absolute atomic E-state index is 0.0408. The molecule has 0 saturated heterocycles. The van der Waals surface area contributed by atoms with E-state index in [2.05, 4.69) is 37.0 Å². The summed E-state index contributed by atoms with van der Waals surface area (Å²) in [5, 5.41) is 22.1. The van der Waals surface area contributed by atoms with Gasteiger partial charge < -0.3 is 10.2 Å². The van der Waals surface area contributed by atoms with Crippen LogP contribution in [-0.2, 0) is 6.42 Å². The molecule has 100 valence electrons. The van der Waals surface area contributed by atoms with Gasteiger partial charge in [-0.25, -0.2) is 9.48 Å². The van der Waals surface area contributed by atoms with Crippen LogP contribution in [0.2, 0.25) is 0 Å². The van der Waals surface area contributed by atoms with Crippen molar-refractivity contribution in [2.24, 2.45) is 0 Å². The van der Waals surface area contributed by atoms with E-state index in [1.165, 1.54) is 4.68 Å². The number of aliphatic hydroxyl groups excluding tert-OH is 1. The Bertz CT molecular complexity index is 625. The average Bonchev–Trinajstić information content (AvgIpc) is 2.77. The number of aliphatic hydroxyl groups is 1. The maximum Gasteiger partial charge on any atom is 0.356 e. The summed E-state index contributed by atoms with van der Waals surface area (Å²) in [6, 6.07) is 5.53. The smallest absolute Gasteiger partial charge is 0.356 e. The minimum atomic E-state index is -1.10. The Hall–Kier alpha value is -1.18. The number of hydrogen-bond donors (Lipinski definition) is 2. The van der Waals surface area contributed by atoms with Gasteiger partial charge in [0.2, 0.25) is 0 Å². The molecule has 0 saturated carbocycles. The number of rotatable bonds is 4. The predicted octanol–water partition coefficient (Wildman–Crippen LogP) is 2.63. The van der Waals surface area contributed by atoms with Crippen LogP contribution in [0.4, 0.5) is 0 Å². The third kappa shape index (κ3) is 3.05. The molecule has 1 heterocycles. The molecule has 0 unspecified atom stereocenters. The molecular weight excluding hydrogens is 380 g/mol. The number of aromatic carboxylic acids is 1. The molecule has 0 aliphatic rings. The lowest BCUT2D eigenvalue weighted by Gasteiger charge is -2.04. The molecule has 7 heteroatoms. The van der Waals surface area contributed by atoms with Crippen molar-refractivity contribution in [2.75, 3.05) is 6.61 Å². The lowest BCUT2D eigenvalue weighted by molar-refractivity contribution is 0.0688. The molecule has 5 nitrogen and oxygen atoms in total. The third-order valence-corrected chi connectivity index (χ3v) is 3.69. The van der Waals surface area contributed by atoms with Crippen molar-refractivity contribution >= 4 is 37.8 Å². The summed E-state index contributed by atoms with van der Waals surface area (Å²) in [5.74, 6) is -1.10. The van der Waals surface area contributed by atoms with Crippen LogP contribution < -0.4 is 0 Å². The van der Waals surface area contributed by atoms with Gasteiger partial charge in [0.25, 0.3) is 0 Å². The quantitative estimate of drug-likeness (QED) is 0.842. The van der Waals surface area contributed by atoms with Gasteiger partial charge in [-0.1, -0.05) is 15.9 Å². The first kappa shape index (κ1) is 14.2. The summed E-state index contributed by atoms with van der Waals surface area (Å²) in [5.41, 5.74) is 1.18. The summed E-state index contributed by atoms with van der Waals surface area (Å²) in [6.45, 7) is -0.119. The van der Waals surface area contributed by atoms with Crippen molar-refractivity contribution in [1.29, 1.82) is 0 Å². The van der Waals surface area contributed by atoms with Gasteiger partial charge in [0.1, 0.15) is 0 Å². The Morgan fingerprint density at radius 2 is 2.11 bits per heavy atom. The van der Waals surface area contributed by atoms with Crippen molar-refractivity contribution in [3.63, 3.8) is 0 Å². The van der Waals surface area contributed by atoms with Gasteiger partial charge in [-0.15, -0.1) is 0 Å². The topological polar surface area (TPSA) is 75.3 Å². The highest BCUT2D eigenvalue weighted by molar-refractivity contribution is 9.11. The fourth-order valence-electron chi connectivity index (χ4n) is 1.68. The first-order valence-corrected chi connectivity index (χ1v) is 6.99. The zero-order chi connectivity index (χ0) is 14.0. The molecule has 2 N–H and O–H groups in total. The molecule has 0 radical (unpaired) electrons. The summed E-state index contributed by atoms with van der Waals surface area (Å²) < 4.78 is 3.15. The number of benzene rings is 1. The summed E-state index contributed by atoms with van der Waals surface area (Å²) >= 11 is 6.76. The lowest BCUT2D eigenvalue weighted by atomic mass is 10.2. The van der Waals surface area contributed by atoms with E-state index in [1.54, 1.807) is 6.20 Å². The van der Waals surface area contributed by atoms with Gasteiger partial charge in [-0.3, -0.25) is 0 Å². The van der Waals surface area contributed by atoms with Crippen molar-refractivity contribution in [3.8, 4) is 5.69 Å². The molecule has 0 bridgehead atoms. The minimum Gasteiger partial charge on any atom is -0.476 e. The van der Waals surface area contributed by atoms with Gasteiger partial charge in [0.15, 0.2) is 5.69 Å². The van der Waals surface area contributed by atoms with Crippen LogP contribution in [-0.4, -0.2) is 32.6 Å². The molecule has 0 fully saturated rings. The molecule has 0 atom stereocenters. The van der Waals surface area contributed by atoms with E-state index in [1.807, 2.05) is 18.2 Å². The number of hydrogen-bond acceptors (Lipinski definition) is 3. The summed E-state index contributed by atoms with van der Waals surface area (Å²) in [7, 11) is 0. The normalized spacial score (nSPS) is 10.7. The Morgan fingerprint density at radius 3 is 2.74 bits per heavy atom. The highest BCUT2D eigenvalue weighted by Gasteiger charge is 2.17. The zero-order valence-corrected chi connectivity index (χ0v) is 12.8. The Balaban J connectivity index is 2.53. The van der Waals surface area contributed by atoms with E-state index in [0.717, 1.165) is 14.6 Å². The molecule has 19 heavy (non-hydrogen) atoms. The maximum atomic E-state index is 11.1. The van der Waals surface area contributed by atoms with Crippen molar-refractivity contribution in [2.45, 2.75) is 6.42 Å². The van der Waals surface area contributed by atoms with Crippen LogP contribution in [0.25, 0.3) is 5.69 Å². The van der Waals surface area contributed by atoms with Crippen molar-refractivity contribution < 1.29 is 15.0 Å². The SMILES string of the molecule is O=C(O)c1nn(-c2cc(Br)ccc2Br)cc1CCO. The highest BCUT2D eigenvalue weighted by Crippen LogP contribution is 2.25. The largest absolute Gasteiger partial charge is 0.476 e. The van der Waals surface area contributed by atoms with Gasteiger partial charge >= 0.3 is 5.97 Å². The summed E-state index contributed by atoms with van der Waals surface area (Å²) in [4.78, 5) is 11.1. The standard InChI is InChI=1S/C12H10Br2N2O3/c13-8-1-2-9(14)10(5-8)16-6-7(3-4-17)11(15-16)12(18)19/h1-2,5-6,17H,3-4H2,(H,18,19). The third-order valence-electron chi connectivity index (χ3n) is 2.53. The van der Waals surface area contributed by atoms with Crippen molar-refractivity contribution in [3.05, 3.63) is 44.6 Å². The van der Waals surface area contributed by atoms with Crippen LogP contribution in [0.15, 0.2) is 33.3 Å². The molecule has 0 spiro atoms. The Labute approximate surface area is 126 Å². The molecule has 2 rings (SSSR count). The number of nitrogens with zero attached hydrogens (tertiary/aromatic N) is 2. The molecule has 1 aromatic heterocycles. The predicted molar refractivity (Wildman–Crippen MR) is 76.7 cm³/mol. The van der Waals surface area contributed by atoms with Crippen LogP contribution in [0.5, 0.6) is 0 Å². The van der Waals surface area contributed by atoms with E-state index in [9.17, 15) is 4.79 Å².